The minimum absolute atomic E-state index is 0.00606. The lowest BCUT2D eigenvalue weighted by Crippen LogP contribution is -2.33. The first kappa shape index (κ1) is 15.2. The van der Waals surface area contributed by atoms with Gasteiger partial charge in [-0.15, -0.1) is 0 Å². The quantitative estimate of drug-likeness (QED) is 0.814. The largest absolute Gasteiger partial charge is 0.385 e. The number of nitrogens with zero attached hydrogens (tertiary/aromatic N) is 2. The summed E-state index contributed by atoms with van der Waals surface area (Å²) in [5.41, 5.74) is 0. The first-order valence-corrected chi connectivity index (χ1v) is 8.04. The average Bonchev–Trinajstić information content (AvgIpc) is 3.00. The molecule has 2 saturated carbocycles. The second-order valence-corrected chi connectivity index (χ2v) is 6.34. The van der Waals surface area contributed by atoms with Crippen molar-refractivity contribution in [3.63, 3.8) is 0 Å². The molecule has 2 bridgehead atoms. The van der Waals surface area contributed by atoms with E-state index in [0.717, 1.165) is 25.8 Å². The van der Waals surface area contributed by atoms with Crippen molar-refractivity contribution in [2.45, 2.75) is 38.6 Å². The molecule has 0 saturated heterocycles. The minimum Gasteiger partial charge on any atom is -0.385 e. The van der Waals surface area contributed by atoms with Gasteiger partial charge in [0.25, 0.3) is 0 Å². The number of hydrogen-bond acceptors (Lipinski definition) is 4. The van der Waals surface area contributed by atoms with Crippen LogP contribution in [0.5, 0.6) is 0 Å². The van der Waals surface area contributed by atoms with Crippen LogP contribution in [0.3, 0.4) is 0 Å². The molecule has 1 N–H and O–H groups in total. The lowest BCUT2D eigenvalue weighted by atomic mass is 9.79. The van der Waals surface area contributed by atoms with Crippen molar-refractivity contribution in [3.8, 4) is 0 Å². The fourth-order valence-corrected chi connectivity index (χ4v) is 3.64. The Morgan fingerprint density at radius 2 is 2.14 bits per heavy atom. The normalized spacial score (nSPS) is 27.1. The summed E-state index contributed by atoms with van der Waals surface area (Å²) in [5, 5.41) is 7.24. The summed E-state index contributed by atoms with van der Waals surface area (Å²) in [7, 11) is 1.68. The van der Waals surface area contributed by atoms with Crippen LogP contribution in [0.2, 0.25) is 0 Å². The SMILES string of the molecule is COCCCn1ccc(NC(=O)C2CC3CCC(C2)C3=O)n1. The van der Waals surface area contributed by atoms with Gasteiger partial charge in [0, 0.05) is 50.3 Å². The van der Waals surface area contributed by atoms with Crippen LogP contribution in [-0.4, -0.2) is 35.2 Å². The Hall–Kier alpha value is -1.69. The number of carbonyl (C=O) groups excluding carboxylic acids is 2. The molecule has 0 aliphatic heterocycles. The number of anilines is 1. The topological polar surface area (TPSA) is 73.2 Å². The number of hydrogen-bond donors (Lipinski definition) is 1. The number of Topliss-reactive ketones (excluding diaryl/α,β-unsaturated/α-hetero) is 1. The van der Waals surface area contributed by atoms with Crippen LogP contribution in [0.1, 0.15) is 32.1 Å². The van der Waals surface area contributed by atoms with Gasteiger partial charge in [-0.05, 0) is 32.1 Å². The van der Waals surface area contributed by atoms with Gasteiger partial charge in [-0.1, -0.05) is 0 Å². The Labute approximate surface area is 130 Å². The van der Waals surface area contributed by atoms with E-state index in [-0.39, 0.29) is 23.7 Å². The molecular weight excluding hydrogens is 282 g/mol. The maximum absolute atomic E-state index is 12.4. The maximum atomic E-state index is 12.4. The lowest BCUT2D eigenvalue weighted by molar-refractivity contribution is -0.130. The monoisotopic (exact) mass is 305 g/mol. The van der Waals surface area contributed by atoms with Gasteiger partial charge in [0.15, 0.2) is 5.82 Å². The third-order valence-corrected chi connectivity index (χ3v) is 4.80. The molecule has 6 nitrogen and oxygen atoms in total. The van der Waals surface area contributed by atoms with E-state index in [4.69, 9.17) is 4.74 Å². The number of rotatable bonds is 6. The number of methoxy groups -OCH3 is 1. The molecule has 1 aromatic rings. The Morgan fingerprint density at radius 3 is 2.82 bits per heavy atom. The zero-order valence-corrected chi connectivity index (χ0v) is 13.0. The van der Waals surface area contributed by atoms with Gasteiger partial charge in [-0.3, -0.25) is 14.3 Å². The van der Waals surface area contributed by atoms with Crippen molar-refractivity contribution in [2.24, 2.45) is 17.8 Å². The molecule has 22 heavy (non-hydrogen) atoms. The Morgan fingerprint density at radius 1 is 1.41 bits per heavy atom. The summed E-state index contributed by atoms with van der Waals surface area (Å²) in [6, 6.07) is 1.81. The van der Waals surface area contributed by atoms with Gasteiger partial charge in [0.1, 0.15) is 5.78 Å². The van der Waals surface area contributed by atoms with Gasteiger partial charge < -0.3 is 10.1 Å². The second-order valence-electron chi connectivity index (χ2n) is 6.34. The molecule has 120 valence electrons. The molecule has 0 aromatic carbocycles. The van der Waals surface area contributed by atoms with Gasteiger partial charge in [0.2, 0.25) is 5.91 Å². The molecular formula is C16H23N3O3. The lowest BCUT2D eigenvalue weighted by Gasteiger charge is -2.25. The van der Waals surface area contributed by atoms with Crippen molar-refractivity contribution in [2.75, 3.05) is 19.0 Å². The molecule has 3 rings (SSSR count). The van der Waals surface area contributed by atoms with E-state index >= 15 is 0 Å². The predicted octanol–water partition coefficient (Wildman–Crippen LogP) is 1.86. The van der Waals surface area contributed by atoms with E-state index in [2.05, 4.69) is 10.4 Å². The standard InChI is InChI=1S/C16H23N3O3/c1-22-8-2-6-19-7-5-14(18-19)17-16(21)13-9-11-3-4-12(10-13)15(11)20/h5,7,11-13H,2-4,6,8-10H2,1H3,(H,17,18,21). The summed E-state index contributed by atoms with van der Waals surface area (Å²) in [4.78, 5) is 24.3. The predicted molar refractivity (Wildman–Crippen MR) is 81.3 cm³/mol. The molecule has 0 spiro atoms. The van der Waals surface area contributed by atoms with Crippen molar-refractivity contribution in [3.05, 3.63) is 12.3 Å². The molecule has 2 atom stereocenters. The molecule has 1 aromatic heterocycles. The number of ether oxygens (including phenoxy) is 1. The highest BCUT2D eigenvalue weighted by molar-refractivity contribution is 5.94. The summed E-state index contributed by atoms with van der Waals surface area (Å²) >= 11 is 0. The van der Waals surface area contributed by atoms with Crippen LogP contribution in [0.25, 0.3) is 0 Å². The minimum atomic E-state index is -0.0474. The Kier molecular flexibility index (Phi) is 4.57. The van der Waals surface area contributed by atoms with E-state index in [9.17, 15) is 9.59 Å². The van der Waals surface area contributed by atoms with Crippen LogP contribution >= 0.6 is 0 Å². The summed E-state index contributed by atoms with van der Waals surface area (Å²) in [6.45, 7) is 1.46. The second kappa shape index (κ2) is 6.60. The number of ketones is 1. The molecule has 2 unspecified atom stereocenters. The zero-order chi connectivity index (χ0) is 15.5. The molecule has 1 amide bonds. The van der Waals surface area contributed by atoms with Crippen LogP contribution in [0, 0.1) is 17.8 Å². The van der Waals surface area contributed by atoms with E-state index in [1.54, 1.807) is 7.11 Å². The van der Waals surface area contributed by atoms with E-state index in [1.807, 2.05) is 16.9 Å². The smallest absolute Gasteiger partial charge is 0.228 e. The Bertz CT molecular complexity index is 539. The number of aryl methyl sites for hydroxylation is 1. The number of nitrogens with one attached hydrogen (secondary N) is 1. The molecule has 1 heterocycles. The summed E-state index contributed by atoms with van der Waals surface area (Å²) in [5.74, 6) is 1.15. The molecule has 2 aliphatic carbocycles. The molecule has 2 aliphatic rings. The first-order chi connectivity index (χ1) is 10.7. The number of carbonyl (C=O) groups is 2. The highest BCUT2D eigenvalue weighted by Gasteiger charge is 2.43. The zero-order valence-electron chi connectivity index (χ0n) is 13.0. The van der Waals surface area contributed by atoms with Crippen LogP contribution in [-0.2, 0) is 20.9 Å². The molecule has 6 heteroatoms. The summed E-state index contributed by atoms with van der Waals surface area (Å²) in [6.07, 6.45) is 6.08. The number of aromatic nitrogens is 2. The van der Waals surface area contributed by atoms with E-state index in [1.165, 1.54) is 0 Å². The van der Waals surface area contributed by atoms with Crippen molar-refractivity contribution >= 4 is 17.5 Å². The fraction of sp³-hybridized carbons (Fsp3) is 0.688. The van der Waals surface area contributed by atoms with Crippen molar-refractivity contribution < 1.29 is 14.3 Å². The van der Waals surface area contributed by atoms with Gasteiger partial charge in [0.05, 0.1) is 0 Å². The van der Waals surface area contributed by atoms with Crippen LogP contribution in [0.4, 0.5) is 5.82 Å². The third kappa shape index (κ3) is 3.21. The number of amides is 1. The van der Waals surface area contributed by atoms with Crippen LogP contribution in [0.15, 0.2) is 12.3 Å². The van der Waals surface area contributed by atoms with Crippen LogP contribution < -0.4 is 5.32 Å². The molecule has 0 radical (unpaired) electrons. The highest BCUT2D eigenvalue weighted by Crippen LogP contribution is 2.42. The van der Waals surface area contributed by atoms with E-state index < -0.39 is 0 Å². The summed E-state index contributed by atoms with van der Waals surface area (Å²) < 4.78 is 6.82. The van der Waals surface area contributed by atoms with Gasteiger partial charge in [-0.25, -0.2) is 0 Å². The maximum Gasteiger partial charge on any atom is 0.228 e. The first-order valence-electron chi connectivity index (χ1n) is 8.04. The van der Waals surface area contributed by atoms with Gasteiger partial charge in [-0.2, -0.15) is 5.10 Å². The highest BCUT2D eigenvalue weighted by atomic mass is 16.5. The Balaban J connectivity index is 1.53. The van der Waals surface area contributed by atoms with Gasteiger partial charge >= 0.3 is 0 Å². The molecule has 2 fully saturated rings. The van der Waals surface area contributed by atoms with E-state index in [0.29, 0.717) is 31.0 Å². The average molecular weight is 305 g/mol. The third-order valence-electron chi connectivity index (χ3n) is 4.80. The van der Waals surface area contributed by atoms with Crippen molar-refractivity contribution in [1.29, 1.82) is 0 Å². The fourth-order valence-electron chi connectivity index (χ4n) is 3.64. The van der Waals surface area contributed by atoms with Crippen molar-refractivity contribution in [1.82, 2.24) is 9.78 Å². The number of fused-ring (bicyclic) bond motifs is 2.